The van der Waals surface area contributed by atoms with Gasteiger partial charge in [-0.15, -0.1) is 0 Å². The van der Waals surface area contributed by atoms with Crippen LogP contribution < -0.4 is 4.74 Å². The van der Waals surface area contributed by atoms with Gasteiger partial charge in [-0.2, -0.15) is 0 Å². The van der Waals surface area contributed by atoms with Crippen molar-refractivity contribution in [3.05, 3.63) is 29.8 Å². The molecule has 1 heterocycles. The Morgan fingerprint density at radius 1 is 1.32 bits per heavy atom. The number of phenolic OH excluding ortho intramolecular Hbond substituents is 1. The van der Waals surface area contributed by atoms with E-state index in [9.17, 15) is 14.7 Å². The number of phenols is 1. The molecule has 2 unspecified atom stereocenters. The minimum Gasteiger partial charge on any atom is -0.504 e. The van der Waals surface area contributed by atoms with Crippen molar-refractivity contribution in [2.45, 2.75) is 26.1 Å². The summed E-state index contributed by atoms with van der Waals surface area (Å²) in [5, 5.41) is 9.53. The van der Waals surface area contributed by atoms with Gasteiger partial charge >= 0.3 is 5.97 Å². The number of benzene rings is 1. The van der Waals surface area contributed by atoms with E-state index in [1.807, 2.05) is 13.8 Å². The van der Waals surface area contributed by atoms with Crippen LogP contribution in [0.1, 0.15) is 19.4 Å². The number of hydrogen-bond donors (Lipinski definition) is 1. The molecule has 1 saturated heterocycles. The molecule has 25 heavy (non-hydrogen) atoms. The second kappa shape index (κ2) is 8.53. The molecular weight excluding hydrogens is 326 g/mol. The maximum atomic E-state index is 12.1. The molecule has 136 valence electrons. The number of amides is 1. The number of aromatic hydroxyl groups is 1. The quantitative estimate of drug-likeness (QED) is 0.642. The Bertz CT molecular complexity index is 647. The van der Waals surface area contributed by atoms with E-state index in [-0.39, 0.29) is 30.5 Å². The molecule has 7 nitrogen and oxygen atoms in total. The standard InChI is InChI=1S/C18H23NO6/c1-12-9-19(10-13(2)25-12)17(21)11-24-18(22)7-5-14-4-6-15(20)16(8-14)23-3/h4-8,12-13,20H,9-11H2,1-3H3/b7-5+. The van der Waals surface area contributed by atoms with E-state index in [0.717, 1.165) is 0 Å². The van der Waals surface area contributed by atoms with Crippen LogP contribution in [0.4, 0.5) is 0 Å². The zero-order valence-electron chi connectivity index (χ0n) is 14.6. The maximum absolute atomic E-state index is 12.1. The molecule has 0 bridgehead atoms. The lowest BCUT2D eigenvalue weighted by Gasteiger charge is -2.35. The highest BCUT2D eigenvalue weighted by molar-refractivity contribution is 5.89. The fourth-order valence-corrected chi connectivity index (χ4v) is 2.62. The van der Waals surface area contributed by atoms with Crippen LogP contribution in [0.2, 0.25) is 0 Å². The predicted molar refractivity (Wildman–Crippen MR) is 91.2 cm³/mol. The lowest BCUT2D eigenvalue weighted by atomic mass is 10.2. The summed E-state index contributed by atoms with van der Waals surface area (Å²) in [6, 6.07) is 4.68. The molecule has 1 aliphatic heterocycles. The number of morpholine rings is 1. The number of rotatable bonds is 5. The zero-order valence-corrected chi connectivity index (χ0v) is 14.6. The number of nitrogens with zero attached hydrogens (tertiary/aromatic N) is 1. The van der Waals surface area contributed by atoms with Gasteiger partial charge in [0.25, 0.3) is 5.91 Å². The maximum Gasteiger partial charge on any atom is 0.331 e. The number of carbonyl (C=O) groups is 2. The number of methoxy groups -OCH3 is 1. The molecule has 7 heteroatoms. The van der Waals surface area contributed by atoms with Crippen molar-refractivity contribution in [3.8, 4) is 11.5 Å². The molecular formula is C18H23NO6. The van der Waals surface area contributed by atoms with E-state index < -0.39 is 5.97 Å². The van der Waals surface area contributed by atoms with Crippen LogP contribution in [0.3, 0.4) is 0 Å². The van der Waals surface area contributed by atoms with E-state index in [0.29, 0.717) is 24.4 Å². The lowest BCUT2D eigenvalue weighted by molar-refractivity contribution is -0.154. The molecule has 1 aromatic carbocycles. The smallest absolute Gasteiger partial charge is 0.331 e. The summed E-state index contributed by atoms with van der Waals surface area (Å²) >= 11 is 0. The van der Waals surface area contributed by atoms with Crippen molar-refractivity contribution in [1.82, 2.24) is 4.90 Å². The molecule has 1 fully saturated rings. The Kier molecular flexibility index (Phi) is 6.41. The second-order valence-electron chi connectivity index (χ2n) is 5.93. The van der Waals surface area contributed by atoms with Crippen LogP contribution in [0, 0.1) is 0 Å². The predicted octanol–water partition coefficient (Wildman–Crippen LogP) is 1.59. The van der Waals surface area contributed by atoms with Crippen molar-refractivity contribution in [1.29, 1.82) is 0 Å². The van der Waals surface area contributed by atoms with Crippen molar-refractivity contribution >= 4 is 18.0 Å². The third-order valence-electron chi connectivity index (χ3n) is 3.73. The van der Waals surface area contributed by atoms with Crippen LogP contribution >= 0.6 is 0 Å². The van der Waals surface area contributed by atoms with Gasteiger partial charge in [0.1, 0.15) is 0 Å². The topological polar surface area (TPSA) is 85.3 Å². The average Bonchev–Trinajstić information content (AvgIpc) is 2.58. The Morgan fingerprint density at radius 2 is 2.00 bits per heavy atom. The monoisotopic (exact) mass is 349 g/mol. The molecule has 0 aromatic heterocycles. The Hall–Kier alpha value is -2.54. The minimum atomic E-state index is -0.616. The molecule has 2 rings (SSSR count). The SMILES string of the molecule is COc1cc(/C=C/C(=O)OCC(=O)N2CC(C)OC(C)C2)ccc1O. The second-order valence-corrected chi connectivity index (χ2v) is 5.93. The Morgan fingerprint density at radius 3 is 2.64 bits per heavy atom. The lowest BCUT2D eigenvalue weighted by Crippen LogP contribution is -2.49. The summed E-state index contributed by atoms with van der Waals surface area (Å²) in [7, 11) is 1.44. The molecule has 0 radical (unpaired) electrons. The molecule has 1 aliphatic rings. The molecule has 0 saturated carbocycles. The summed E-state index contributed by atoms with van der Waals surface area (Å²) in [4.78, 5) is 25.5. The highest BCUT2D eigenvalue weighted by Crippen LogP contribution is 2.26. The first-order valence-electron chi connectivity index (χ1n) is 8.04. The summed E-state index contributed by atoms with van der Waals surface area (Å²) < 4.78 is 15.6. The van der Waals surface area contributed by atoms with Crippen molar-refractivity contribution < 1.29 is 28.9 Å². The van der Waals surface area contributed by atoms with E-state index in [4.69, 9.17) is 14.2 Å². The van der Waals surface area contributed by atoms with E-state index in [1.165, 1.54) is 25.3 Å². The molecule has 1 aromatic rings. The van der Waals surface area contributed by atoms with Crippen molar-refractivity contribution in [2.24, 2.45) is 0 Å². The van der Waals surface area contributed by atoms with Crippen LogP contribution in [0.15, 0.2) is 24.3 Å². The molecule has 0 spiro atoms. The highest BCUT2D eigenvalue weighted by atomic mass is 16.5. The summed E-state index contributed by atoms with van der Waals surface area (Å²) in [6.45, 7) is 4.47. The number of carbonyl (C=O) groups excluding carboxylic acids is 2. The van der Waals surface area contributed by atoms with E-state index in [1.54, 1.807) is 17.0 Å². The van der Waals surface area contributed by atoms with Gasteiger partial charge in [0.15, 0.2) is 18.1 Å². The number of hydrogen-bond acceptors (Lipinski definition) is 6. The van der Waals surface area contributed by atoms with Crippen LogP contribution in [0.5, 0.6) is 11.5 Å². The first kappa shape index (κ1) is 18.8. The van der Waals surface area contributed by atoms with Gasteiger partial charge in [0.05, 0.1) is 19.3 Å². The minimum absolute atomic E-state index is 0.0155. The highest BCUT2D eigenvalue weighted by Gasteiger charge is 2.26. The van der Waals surface area contributed by atoms with Gasteiger partial charge in [0.2, 0.25) is 0 Å². The van der Waals surface area contributed by atoms with Gasteiger partial charge < -0.3 is 24.2 Å². The van der Waals surface area contributed by atoms with Crippen LogP contribution in [0.25, 0.3) is 6.08 Å². The van der Waals surface area contributed by atoms with Crippen molar-refractivity contribution in [2.75, 3.05) is 26.8 Å². The van der Waals surface area contributed by atoms with Crippen LogP contribution in [-0.2, 0) is 19.1 Å². The van der Waals surface area contributed by atoms with Gasteiger partial charge in [-0.1, -0.05) is 6.07 Å². The summed E-state index contributed by atoms with van der Waals surface area (Å²) in [5.74, 6) is -0.534. The Labute approximate surface area is 146 Å². The normalized spacial score (nSPS) is 20.5. The zero-order chi connectivity index (χ0) is 18.4. The average molecular weight is 349 g/mol. The first-order valence-corrected chi connectivity index (χ1v) is 8.04. The molecule has 0 aliphatic carbocycles. The van der Waals surface area contributed by atoms with Crippen LogP contribution in [-0.4, -0.2) is 60.9 Å². The molecule has 1 N–H and O–H groups in total. The largest absolute Gasteiger partial charge is 0.504 e. The fraction of sp³-hybridized carbons (Fsp3) is 0.444. The van der Waals surface area contributed by atoms with E-state index in [2.05, 4.69) is 0 Å². The summed E-state index contributed by atoms with van der Waals surface area (Å²) in [5.41, 5.74) is 0.661. The number of ether oxygens (including phenoxy) is 3. The molecule has 1 amide bonds. The third kappa shape index (κ3) is 5.49. The van der Waals surface area contributed by atoms with Gasteiger partial charge in [-0.3, -0.25) is 4.79 Å². The molecule has 2 atom stereocenters. The summed E-state index contributed by atoms with van der Waals surface area (Å²) in [6.07, 6.45) is 2.68. The fourth-order valence-electron chi connectivity index (χ4n) is 2.62. The first-order chi connectivity index (χ1) is 11.9. The number of esters is 1. The van der Waals surface area contributed by atoms with Gasteiger partial charge in [-0.25, -0.2) is 4.79 Å². The Balaban J connectivity index is 1.85. The van der Waals surface area contributed by atoms with Crippen molar-refractivity contribution in [3.63, 3.8) is 0 Å². The third-order valence-corrected chi connectivity index (χ3v) is 3.73. The van der Waals surface area contributed by atoms with Gasteiger partial charge in [-0.05, 0) is 37.6 Å². The van der Waals surface area contributed by atoms with E-state index >= 15 is 0 Å². The van der Waals surface area contributed by atoms with Gasteiger partial charge in [0, 0.05) is 19.2 Å².